The van der Waals surface area contributed by atoms with E-state index in [0.717, 1.165) is 11.1 Å². The van der Waals surface area contributed by atoms with Gasteiger partial charge >= 0.3 is 5.97 Å². The van der Waals surface area contributed by atoms with Crippen molar-refractivity contribution in [2.45, 2.75) is 13.0 Å². The van der Waals surface area contributed by atoms with E-state index in [1.54, 1.807) is 18.2 Å². The number of amides is 2. The zero-order valence-electron chi connectivity index (χ0n) is 17.1. The summed E-state index contributed by atoms with van der Waals surface area (Å²) < 4.78 is 15.5. The Labute approximate surface area is 186 Å². The Morgan fingerprint density at radius 3 is 2.56 bits per heavy atom. The van der Waals surface area contributed by atoms with Crippen LogP contribution in [-0.4, -0.2) is 52.2 Å². The van der Waals surface area contributed by atoms with E-state index in [4.69, 9.17) is 9.47 Å². The van der Waals surface area contributed by atoms with Gasteiger partial charge in [-0.3, -0.25) is 24.6 Å². The highest BCUT2D eigenvalue weighted by Crippen LogP contribution is 2.36. The summed E-state index contributed by atoms with van der Waals surface area (Å²) in [5.41, 5.74) is 0.372. The average molecular weight is 459 g/mol. The normalized spacial score (nSPS) is 15.6. The zero-order valence-corrected chi connectivity index (χ0v) is 18.0. The lowest BCUT2D eigenvalue weighted by atomic mass is 10.1. The first-order chi connectivity index (χ1) is 15.2. The average Bonchev–Trinajstić information content (AvgIpc) is 3.06. The van der Waals surface area contributed by atoms with Crippen LogP contribution >= 0.6 is 11.8 Å². The molecule has 0 bridgehead atoms. The first-order valence-corrected chi connectivity index (χ1v) is 9.88. The summed E-state index contributed by atoms with van der Waals surface area (Å²) in [6.45, 7) is 1.41. The minimum absolute atomic E-state index is 0.125. The van der Waals surface area contributed by atoms with Gasteiger partial charge in [-0.1, -0.05) is 6.07 Å². The Balaban J connectivity index is 1.82. The molecule has 0 spiro atoms. The number of hydrogen-bond donors (Lipinski definition) is 0. The highest BCUT2D eigenvalue weighted by atomic mass is 32.2. The van der Waals surface area contributed by atoms with Gasteiger partial charge in [-0.2, -0.15) is 0 Å². The first-order valence-electron chi connectivity index (χ1n) is 9.06. The molecule has 1 aliphatic heterocycles. The summed E-state index contributed by atoms with van der Waals surface area (Å²) in [5, 5.41) is 10.2. The van der Waals surface area contributed by atoms with Crippen molar-refractivity contribution in [3.05, 3.63) is 57.1 Å². The van der Waals surface area contributed by atoms with Gasteiger partial charge in [0.2, 0.25) is 5.88 Å². The summed E-state index contributed by atoms with van der Waals surface area (Å²) in [5.74, 6) is -0.581. The summed E-state index contributed by atoms with van der Waals surface area (Å²) >= 11 is 0.710. The molecule has 1 aromatic heterocycles. The van der Waals surface area contributed by atoms with Crippen molar-refractivity contribution in [2.75, 3.05) is 14.2 Å². The smallest absolute Gasteiger partial charge is 0.328 e. The second-order valence-corrected chi connectivity index (χ2v) is 7.37. The van der Waals surface area contributed by atoms with Gasteiger partial charge in [0.05, 0.1) is 24.0 Å². The van der Waals surface area contributed by atoms with Crippen LogP contribution in [0.3, 0.4) is 0 Å². The van der Waals surface area contributed by atoms with Crippen molar-refractivity contribution in [2.24, 2.45) is 0 Å². The van der Waals surface area contributed by atoms with E-state index in [2.05, 4.69) is 9.72 Å². The second kappa shape index (κ2) is 9.47. The van der Waals surface area contributed by atoms with Gasteiger partial charge in [-0.25, -0.2) is 9.78 Å². The fourth-order valence-electron chi connectivity index (χ4n) is 2.75. The van der Waals surface area contributed by atoms with E-state index in [9.17, 15) is 24.5 Å². The molecule has 0 N–H and O–H groups in total. The van der Waals surface area contributed by atoms with Crippen LogP contribution in [0.5, 0.6) is 17.4 Å². The Morgan fingerprint density at radius 1 is 1.22 bits per heavy atom. The lowest BCUT2D eigenvalue weighted by molar-refractivity contribution is -0.385. The van der Waals surface area contributed by atoms with Crippen LogP contribution in [-0.2, 0) is 14.3 Å². The highest BCUT2D eigenvalue weighted by molar-refractivity contribution is 8.18. The van der Waals surface area contributed by atoms with Gasteiger partial charge in [0.1, 0.15) is 12.2 Å². The first kappa shape index (κ1) is 22.7. The lowest BCUT2D eigenvalue weighted by Crippen LogP contribution is -2.42. The molecule has 2 aromatic rings. The number of hydrogen-bond acceptors (Lipinski definition) is 10. The molecular weight excluding hydrogens is 442 g/mol. The van der Waals surface area contributed by atoms with E-state index in [0.29, 0.717) is 28.8 Å². The minimum atomic E-state index is -1.04. The summed E-state index contributed by atoms with van der Waals surface area (Å²) in [4.78, 5) is 51.6. The van der Waals surface area contributed by atoms with Gasteiger partial charge in [0.15, 0.2) is 11.5 Å². The number of benzene rings is 1. The van der Waals surface area contributed by atoms with Gasteiger partial charge in [0, 0.05) is 12.1 Å². The minimum Gasteiger partial charge on any atom is -0.493 e. The monoisotopic (exact) mass is 459 g/mol. The van der Waals surface area contributed by atoms with E-state index in [1.807, 2.05) is 0 Å². The molecule has 2 heterocycles. The molecular formula is C20H17N3O8S. The van der Waals surface area contributed by atoms with Crippen LogP contribution in [0.4, 0.5) is 10.5 Å². The van der Waals surface area contributed by atoms with Gasteiger partial charge < -0.3 is 14.2 Å². The largest absolute Gasteiger partial charge is 0.493 e. The topological polar surface area (TPSA) is 138 Å². The van der Waals surface area contributed by atoms with Crippen LogP contribution < -0.4 is 9.47 Å². The second-order valence-electron chi connectivity index (χ2n) is 6.37. The van der Waals surface area contributed by atoms with E-state index < -0.39 is 28.1 Å². The van der Waals surface area contributed by atoms with Crippen molar-refractivity contribution in [1.82, 2.24) is 9.88 Å². The molecule has 1 aliphatic rings. The quantitative estimate of drug-likeness (QED) is 0.262. The lowest BCUT2D eigenvalue weighted by Gasteiger charge is -2.18. The number of nitro groups is 1. The molecule has 166 valence electrons. The van der Waals surface area contributed by atoms with Crippen LogP contribution in [0.25, 0.3) is 6.08 Å². The van der Waals surface area contributed by atoms with Crippen molar-refractivity contribution in [3.63, 3.8) is 0 Å². The van der Waals surface area contributed by atoms with Gasteiger partial charge in [0.25, 0.3) is 16.8 Å². The Hall–Kier alpha value is -3.93. The third-order valence-corrected chi connectivity index (χ3v) is 5.27. The predicted molar refractivity (Wildman–Crippen MR) is 113 cm³/mol. The number of ether oxygens (including phenoxy) is 3. The molecule has 0 saturated carbocycles. The SMILES string of the molecule is COC(=O)[C@@H](C)N1C(=O)S/C(=C/c2ccc(Oc3ccc([N+](=O)[O-])cn3)c(OC)c2)C1=O. The molecule has 11 nitrogen and oxygen atoms in total. The molecule has 3 rings (SSSR count). The number of methoxy groups -OCH3 is 2. The number of thioether (sulfide) groups is 1. The number of pyridine rings is 1. The summed E-state index contributed by atoms with van der Waals surface area (Å²) in [6.07, 6.45) is 2.56. The van der Waals surface area contributed by atoms with E-state index in [1.165, 1.54) is 39.4 Å². The Morgan fingerprint density at radius 2 is 1.97 bits per heavy atom. The molecule has 0 radical (unpaired) electrons. The van der Waals surface area contributed by atoms with Crippen LogP contribution in [0, 0.1) is 10.1 Å². The molecule has 1 fully saturated rings. The van der Waals surface area contributed by atoms with Gasteiger partial charge in [-0.05, 0) is 42.5 Å². The highest BCUT2D eigenvalue weighted by Gasteiger charge is 2.41. The van der Waals surface area contributed by atoms with Crippen LogP contribution in [0.1, 0.15) is 12.5 Å². The maximum absolute atomic E-state index is 12.6. The predicted octanol–water partition coefficient (Wildman–Crippen LogP) is 3.39. The van der Waals surface area contributed by atoms with E-state index >= 15 is 0 Å². The molecule has 1 saturated heterocycles. The molecule has 2 amide bonds. The maximum atomic E-state index is 12.6. The fourth-order valence-corrected chi connectivity index (χ4v) is 3.66. The third-order valence-electron chi connectivity index (χ3n) is 4.38. The zero-order chi connectivity index (χ0) is 23.4. The maximum Gasteiger partial charge on any atom is 0.328 e. The number of esters is 1. The standard InChI is InChI=1S/C20H17N3O8S/c1-11(19(25)30-3)22-18(24)16(32-20(22)26)9-12-4-6-14(15(8-12)29-2)31-17-7-5-13(10-21-17)23(27)28/h4-11H,1-3H3/b16-9+/t11-/m1/s1. The number of rotatable bonds is 7. The number of carbonyl (C=O) groups excluding carboxylic acids is 3. The summed E-state index contributed by atoms with van der Waals surface area (Å²) in [7, 11) is 2.59. The molecule has 0 aliphatic carbocycles. The third kappa shape index (κ3) is 4.70. The fraction of sp³-hybridized carbons (Fsp3) is 0.200. The molecule has 0 unspecified atom stereocenters. The number of carbonyl (C=O) groups is 3. The van der Waals surface area contributed by atoms with Crippen LogP contribution in [0.2, 0.25) is 0 Å². The Bertz CT molecular complexity index is 1120. The van der Waals surface area contributed by atoms with Gasteiger partial charge in [-0.15, -0.1) is 0 Å². The van der Waals surface area contributed by atoms with Crippen molar-refractivity contribution in [3.8, 4) is 17.4 Å². The molecule has 12 heteroatoms. The van der Waals surface area contributed by atoms with Crippen molar-refractivity contribution >= 4 is 40.6 Å². The van der Waals surface area contributed by atoms with Crippen molar-refractivity contribution < 1.29 is 33.5 Å². The Kier molecular flexibility index (Phi) is 6.73. The van der Waals surface area contributed by atoms with Crippen LogP contribution in [0.15, 0.2) is 41.4 Å². The number of nitrogens with zero attached hydrogens (tertiary/aromatic N) is 3. The molecule has 32 heavy (non-hydrogen) atoms. The van der Waals surface area contributed by atoms with E-state index in [-0.39, 0.29) is 16.5 Å². The number of aromatic nitrogens is 1. The number of imide groups is 1. The molecule has 1 atom stereocenters. The summed E-state index contributed by atoms with van der Waals surface area (Å²) in [6, 6.07) is 6.34. The molecule has 1 aromatic carbocycles. The van der Waals surface area contributed by atoms with Crippen molar-refractivity contribution in [1.29, 1.82) is 0 Å².